The summed E-state index contributed by atoms with van der Waals surface area (Å²) in [6, 6.07) is 13.6. The smallest absolute Gasteiger partial charge is 0.289 e. The Hall–Kier alpha value is -3.32. The van der Waals surface area contributed by atoms with E-state index < -0.39 is 5.91 Å². The van der Waals surface area contributed by atoms with Crippen molar-refractivity contribution < 1.29 is 14.6 Å². The van der Waals surface area contributed by atoms with E-state index in [0.29, 0.717) is 27.7 Å². The molecule has 0 bridgehead atoms. The SMILES string of the molecule is COc1cc(/C(C)=N\NC(=O)c2cc(-c3ccc(Cl)cc3)n[nH]2)ccc1O. The minimum atomic E-state index is -0.423. The van der Waals surface area contributed by atoms with Gasteiger partial charge in [0.25, 0.3) is 5.91 Å². The van der Waals surface area contributed by atoms with E-state index >= 15 is 0 Å². The van der Waals surface area contributed by atoms with Crippen LogP contribution in [0.15, 0.2) is 53.6 Å². The van der Waals surface area contributed by atoms with Gasteiger partial charge in [-0.2, -0.15) is 10.2 Å². The number of hydrazone groups is 1. The number of hydrogen-bond donors (Lipinski definition) is 3. The average molecular weight is 385 g/mol. The third-order valence-electron chi connectivity index (χ3n) is 3.89. The molecule has 1 amide bonds. The number of phenols is 1. The summed E-state index contributed by atoms with van der Waals surface area (Å²) in [5, 5.41) is 21.2. The number of H-pyrrole nitrogens is 1. The van der Waals surface area contributed by atoms with E-state index in [0.717, 1.165) is 5.56 Å². The first-order chi connectivity index (χ1) is 13.0. The lowest BCUT2D eigenvalue weighted by Gasteiger charge is -2.06. The average Bonchev–Trinajstić information content (AvgIpc) is 3.17. The van der Waals surface area contributed by atoms with Crippen LogP contribution in [0.2, 0.25) is 5.02 Å². The second kappa shape index (κ2) is 7.92. The first kappa shape index (κ1) is 18.5. The Morgan fingerprint density at radius 3 is 2.67 bits per heavy atom. The lowest BCUT2D eigenvalue weighted by molar-refractivity contribution is 0.0950. The Bertz CT molecular complexity index is 996. The van der Waals surface area contributed by atoms with Crippen LogP contribution in [0.1, 0.15) is 23.0 Å². The number of aromatic hydroxyl groups is 1. The number of hydrogen-bond acceptors (Lipinski definition) is 5. The van der Waals surface area contributed by atoms with Gasteiger partial charge in [0.05, 0.1) is 18.5 Å². The number of aromatic amines is 1. The summed E-state index contributed by atoms with van der Waals surface area (Å²) in [5.41, 5.74) is 5.48. The molecule has 3 aromatic rings. The number of benzene rings is 2. The maximum Gasteiger partial charge on any atom is 0.289 e. The Labute approximate surface area is 160 Å². The maximum absolute atomic E-state index is 12.3. The summed E-state index contributed by atoms with van der Waals surface area (Å²) in [6.45, 7) is 1.73. The number of ether oxygens (including phenoxy) is 1. The highest BCUT2D eigenvalue weighted by Gasteiger charge is 2.11. The quantitative estimate of drug-likeness (QED) is 0.462. The number of rotatable bonds is 5. The van der Waals surface area contributed by atoms with Crippen molar-refractivity contribution in [1.82, 2.24) is 15.6 Å². The monoisotopic (exact) mass is 384 g/mol. The van der Waals surface area contributed by atoms with Gasteiger partial charge in [-0.05, 0) is 43.3 Å². The molecule has 0 aliphatic heterocycles. The number of carbonyl (C=O) groups is 1. The van der Waals surface area contributed by atoms with Crippen LogP contribution in [0, 0.1) is 0 Å². The van der Waals surface area contributed by atoms with Crippen LogP contribution in [0.5, 0.6) is 11.5 Å². The van der Waals surface area contributed by atoms with Crippen molar-refractivity contribution in [3.63, 3.8) is 0 Å². The highest BCUT2D eigenvalue weighted by molar-refractivity contribution is 6.30. The van der Waals surface area contributed by atoms with Crippen LogP contribution in [-0.2, 0) is 0 Å². The summed E-state index contributed by atoms with van der Waals surface area (Å²) in [7, 11) is 1.46. The fraction of sp³-hybridized carbons (Fsp3) is 0.105. The highest BCUT2D eigenvalue weighted by atomic mass is 35.5. The Kier molecular flexibility index (Phi) is 5.42. The van der Waals surface area contributed by atoms with Crippen LogP contribution >= 0.6 is 11.6 Å². The molecule has 0 fully saturated rings. The molecular weight excluding hydrogens is 368 g/mol. The minimum Gasteiger partial charge on any atom is -0.504 e. The Balaban J connectivity index is 1.72. The molecule has 0 atom stereocenters. The summed E-state index contributed by atoms with van der Waals surface area (Å²) < 4.78 is 5.07. The molecule has 138 valence electrons. The van der Waals surface area contributed by atoms with Gasteiger partial charge < -0.3 is 9.84 Å². The lowest BCUT2D eigenvalue weighted by Crippen LogP contribution is -2.19. The first-order valence-corrected chi connectivity index (χ1v) is 8.39. The van der Waals surface area contributed by atoms with E-state index in [2.05, 4.69) is 20.7 Å². The molecule has 0 saturated heterocycles. The third kappa shape index (κ3) is 4.27. The van der Waals surface area contributed by atoms with E-state index in [4.69, 9.17) is 16.3 Å². The van der Waals surface area contributed by atoms with Crippen LogP contribution in [0.3, 0.4) is 0 Å². The third-order valence-corrected chi connectivity index (χ3v) is 4.14. The van der Waals surface area contributed by atoms with Crippen LogP contribution < -0.4 is 10.2 Å². The van der Waals surface area contributed by atoms with Gasteiger partial charge in [-0.3, -0.25) is 9.89 Å². The van der Waals surface area contributed by atoms with Crippen molar-refractivity contribution in [1.29, 1.82) is 0 Å². The zero-order valence-corrected chi connectivity index (χ0v) is 15.4. The molecule has 0 unspecified atom stereocenters. The molecule has 7 nitrogen and oxygen atoms in total. The predicted octanol–water partition coefficient (Wildman–Crippen LogP) is 3.60. The van der Waals surface area contributed by atoms with Crippen molar-refractivity contribution >= 4 is 23.2 Å². The number of nitrogens with one attached hydrogen (secondary N) is 2. The number of carbonyl (C=O) groups excluding carboxylic acids is 1. The maximum atomic E-state index is 12.3. The van der Waals surface area contributed by atoms with E-state index in [9.17, 15) is 9.90 Å². The van der Waals surface area contributed by atoms with Gasteiger partial charge in [0, 0.05) is 16.1 Å². The number of nitrogens with zero attached hydrogens (tertiary/aromatic N) is 2. The van der Waals surface area contributed by atoms with E-state index in [1.807, 2.05) is 12.1 Å². The summed E-state index contributed by atoms with van der Waals surface area (Å²) >= 11 is 5.88. The van der Waals surface area contributed by atoms with E-state index in [1.54, 1.807) is 37.3 Å². The highest BCUT2D eigenvalue weighted by Crippen LogP contribution is 2.26. The number of amides is 1. The summed E-state index contributed by atoms with van der Waals surface area (Å²) in [4.78, 5) is 12.3. The fourth-order valence-corrected chi connectivity index (χ4v) is 2.49. The summed E-state index contributed by atoms with van der Waals surface area (Å²) in [6.07, 6.45) is 0. The van der Waals surface area contributed by atoms with Crippen molar-refractivity contribution in [2.75, 3.05) is 7.11 Å². The zero-order chi connectivity index (χ0) is 19.4. The molecule has 0 aliphatic rings. The molecule has 8 heteroatoms. The van der Waals surface area contributed by atoms with Gasteiger partial charge in [0.2, 0.25) is 0 Å². The second-order valence-corrected chi connectivity index (χ2v) is 6.13. The number of halogens is 1. The molecule has 2 aromatic carbocycles. The zero-order valence-electron chi connectivity index (χ0n) is 14.7. The minimum absolute atomic E-state index is 0.0327. The van der Waals surface area contributed by atoms with E-state index in [1.165, 1.54) is 13.2 Å². The standard InChI is InChI=1S/C19H17ClN4O3/c1-11(13-5-8-17(25)18(9-13)27-2)21-24-19(26)16-10-15(22-23-16)12-3-6-14(20)7-4-12/h3-10,25H,1-2H3,(H,22,23)(H,24,26)/b21-11-. The number of aromatic nitrogens is 2. The van der Waals surface area contributed by atoms with Crippen LogP contribution in [0.4, 0.5) is 0 Å². The fourth-order valence-electron chi connectivity index (χ4n) is 2.37. The predicted molar refractivity (Wildman–Crippen MR) is 103 cm³/mol. The molecule has 0 saturated carbocycles. The topological polar surface area (TPSA) is 99.6 Å². The van der Waals surface area contributed by atoms with Crippen molar-refractivity contribution in [2.45, 2.75) is 6.92 Å². The number of phenolic OH excluding ortho intramolecular Hbond substituents is 1. The van der Waals surface area contributed by atoms with Gasteiger partial charge in [0.1, 0.15) is 5.69 Å². The first-order valence-electron chi connectivity index (χ1n) is 8.01. The van der Waals surface area contributed by atoms with Gasteiger partial charge in [-0.25, -0.2) is 5.43 Å². The molecule has 3 rings (SSSR count). The Morgan fingerprint density at radius 1 is 1.22 bits per heavy atom. The van der Waals surface area contributed by atoms with Crippen molar-refractivity contribution in [2.24, 2.45) is 5.10 Å². The van der Waals surface area contributed by atoms with Crippen molar-refractivity contribution in [3.8, 4) is 22.8 Å². The lowest BCUT2D eigenvalue weighted by atomic mass is 10.1. The van der Waals surface area contributed by atoms with E-state index in [-0.39, 0.29) is 11.4 Å². The Morgan fingerprint density at radius 2 is 1.96 bits per heavy atom. The number of methoxy groups -OCH3 is 1. The molecule has 0 radical (unpaired) electrons. The molecular formula is C19H17ClN4O3. The van der Waals surface area contributed by atoms with Gasteiger partial charge in [0.15, 0.2) is 11.5 Å². The molecule has 1 aromatic heterocycles. The summed E-state index contributed by atoms with van der Waals surface area (Å²) in [5.74, 6) is -0.0624. The van der Waals surface area contributed by atoms with Gasteiger partial charge in [-0.15, -0.1) is 0 Å². The molecule has 0 spiro atoms. The van der Waals surface area contributed by atoms with Crippen LogP contribution in [-0.4, -0.2) is 34.0 Å². The molecule has 3 N–H and O–H groups in total. The molecule has 0 aliphatic carbocycles. The van der Waals surface area contributed by atoms with Gasteiger partial charge >= 0.3 is 0 Å². The largest absolute Gasteiger partial charge is 0.504 e. The normalized spacial score (nSPS) is 11.3. The van der Waals surface area contributed by atoms with Crippen LogP contribution in [0.25, 0.3) is 11.3 Å². The molecule has 1 heterocycles. The van der Waals surface area contributed by atoms with Crippen molar-refractivity contribution in [3.05, 3.63) is 64.8 Å². The second-order valence-electron chi connectivity index (χ2n) is 5.70. The van der Waals surface area contributed by atoms with Gasteiger partial charge in [-0.1, -0.05) is 23.7 Å². The molecule has 27 heavy (non-hydrogen) atoms.